The van der Waals surface area contributed by atoms with E-state index in [0.29, 0.717) is 42.7 Å². The number of hydrogen-bond donors (Lipinski definition) is 0. The molecule has 0 spiro atoms. The van der Waals surface area contributed by atoms with Gasteiger partial charge in [0.25, 0.3) is 11.2 Å². The average Bonchev–Trinajstić information content (AvgIpc) is 3.18. The molecule has 1 amide bonds. The van der Waals surface area contributed by atoms with Crippen molar-refractivity contribution in [2.24, 2.45) is 0 Å². The van der Waals surface area contributed by atoms with Crippen molar-refractivity contribution in [3.8, 4) is 11.1 Å². The minimum atomic E-state index is -3.03. The summed E-state index contributed by atoms with van der Waals surface area (Å²) in [6.07, 6.45) is 1.41. The molecular formula is C43H45F4N4O4P. The van der Waals surface area contributed by atoms with Crippen LogP contribution in [0.25, 0.3) is 22.0 Å². The number of fused-ring (bicyclic) bond motifs is 1. The van der Waals surface area contributed by atoms with Gasteiger partial charge in [-0.2, -0.15) is 13.8 Å². The Labute approximate surface area is 325 Å². The van der Waals surface area contributed by atoms with Crippen molar-refractivity contribution in [3.05, 3.63) is 135 Å². The smallest absolute Gasteiger partial charge is 0.325 e. The number of nitrogens with zero attached hydrogens (tertiary/aromatic N) is 4. The van der Waals surface area contributed by atoms with Gasteiger partial charge in [-0.3, -0.25) is 19.3 Å². The Kier molecular flexibility index (Phi) is 12.4. The molecule has 13 heteroatoms. The summed E-state index contributed by atoms with van der Waals surface area (Å²) in [5.74, 6) is -1.64. The molecule has 0 bridgehead atoms. The quantitative estimate of drug-likeness (QED) is 0.0686. The van der Waals surface area contributed by atoms with Gasteiger partial charge in [-0.25, -0.2) is 8.78 Å². The van der Waals surface area contributed by atoms with E-state index >= 15 is 0 Å². The molecule has 5 aromatic rings. The Morgan fingerprint density at radius 1 is 0.911 bits per heavy atom. The molecule has 1 aliphatic rings. The van der Waals surface area contributed by atoms with E-state index in [4.69, 9.17) is 4.74 Å². The van der Waals surface area contributed by atoms with E-state index in [1.165, 1.54) is 24.3 Å². The van der Waals surface area contributed by atoms with Crippen LogP contribution in [0.2, 0.25) is 0 Å². The molecule has 1 unspecified atom stereocenters. The summed E-state index contributed by atoms with van der Waals surface area (Å²) < 4.78 is 62.9. The first-order chi connectivity index (χ1) is 26.6. The fourth-order valence-corrected chi connectivity index (χ4v) is 7.50. The van der Waals surface area contributed by atoms with Crippen molar-refractivity contribution in [3.63, 3.8) is 0 Å². The largest absolute Gasteiger partial charge is 0.465 e. The highest BCUT2D eigenvalue weighted by Crippen LogP contribution is 2.36. The molecule has 0 saturated carbocycles. The molecule has 294 valence electrons. The lowest BCUT2D eigenvalue weighted by molar-refractivity contribution is -0.157. The lowest BCUT2D eigenvalue weighted by Crippen LogP contribution is -2.56. The number of alkyl halides is 2. The van der Waals surface area contributed by atoms with Crippen LogP contribution in [0.15, 0.2) is 95.8 Å². The molecule has 0 N–H and O–H groups in total. The molecule has 4 aromatic carbocycles. The first kappa shape index (κ1) is 40.7. The van der Waals surface area contributed by atoms with Gasteiger partial charge in [0.05, 0.1) is 17.5 Å². The minimum absolute atomic E-state index is 0.106. The van der Waals surface area contributed by atoms with Crippen LogP contribution in [0.5, 0.6) is 0 Å². The second-order valence-electron chi connectivity index (χ2n) is 14.6. The molecule has 1 fully saturated rings. The third-order valence-corrected chi connectivity index (χ3v) is 10.9. The van der Waals surface area contributed by atoms with Gasteiger partial charge in [-0.15, -0.1) is 0 Å². The summed E-state index contributed by atoms with van der Waals surface area (Å²) in [4.78, 5) is 48.9. The third kappa shape index (κ3) is 9.19. The number of esters is 1. The van der Waals surface area contributed by atoms with Crippen LogP contribution >= 0.6 is 9.24 Å². The number of aryl methyl sites for hydroxylation is 2. The number of benzene rings is 4. The number of carbonyl (C=O) groups excluding carboxylic acids is 2. The van der Waals surface area contributed by atoms with Crippen molar-refractivity contribution in [1.82, 2.24) is 19.4 Å². The SMILES string of the molecule is CCOC(=O)C(C)(C)N1CCC(N(Cc2ccc(-c3ccc(C(F)(F)P)cc3)cc2)C(=O)Cn2c(CCc3ccc(F)cc3F)nc(=O)c3ccccc32)CC1. The van der Waals surface area contributed by atoms with Crippen LogP contribution in [0.1, 0.15) is 56.1 Å². The van der Waals surface area contributed by atoms with Crippen molar-refractivity contribution < 1.29 is 31.9 Å². The van der Waals surface area contributed by atoms with Crippen LogP contribution in [0.4, 0.5) is 17.6 Å². The fraction of sp³-hybridized carbons (Fsp3) is 0.349. The first-order valence-corrected chi connectivity index (χ1v) is 19.2. The topological polar surface area (TPSA) is 84.7 Å². The highest BCUT2D eigenvalue weighted by molar-refractivity contribution is 7.17. The summed E-state index contributed by atoms with van der Waals surface area (Å²) in [6, 6.07) is 23.7. The zero-order valence-electron chi connectivity index (χ0n) is 31.6. The molecular weight excluding hydrogens is 743 g/mol. The molecule has 1 atom stereocenters. The number of rotatable bonds is 13. The lowest BCUT2D eigenvalue weighted by Gasteiger charge is -2.44. The van der Waals surface area contributed by atoms with Gasteiger partial charge in [-0.05, 0) is 80.5 Å². The van der Waals surface area contributed by atoms with E-state index in [1.54, 1.807) is 57.1 Å². The zero-order valence-corrected chi connectivity index (χ0v) is 32.8. The van der Waals surface area contributed by atoms with Crippen LogP contribution in [0, 0.1) is 11.6 Å². The van der Waals surface area contributed by atoms with Crippen molar-refractivity contribution in [2.45, 2.75) is 76.8 Å². The first-order valence-electron chi connectivity index (χ1n) is 18.7. The van der Waals surface area contributed by atoms with Gasteiger partial charge in [0.15, 0.2) is 0 Å². The van der Waals surface area contributed by atoms with E-state index in [2.05, 4.69) is 9.88 Å². The standard InChI is InChI=1S/C43H45F4N4O4P/c1-4-55-41(54)42(2,3)49-23-21-34(22-24-49)50(26-28-9-11-29(12-10-28)30-13-17-32(18-14-30)43(46,47)56)39(52)27-51-37-8-6-5-7-35(37)40(53)48-38(51)20-16-31-15-19-33(44)25-36(31)45/h5-15,17-19,25,34H,4,16,20-24,26-27,56H2,1-3H3. The van der Waals surface area contributed by atoms with Gasteiger partial charge in [0, 0.05) is 43.7 Å². The number of amides is 1. The molecule has 56 heavy (non-hydrogen) atoms. The van der Waals surface area contributed by atoms with Gasteiger partial charge in [-0.1, -0.05) is 76.0 Å². The molecule has 1 aromatic heterocycles. The molecule has 0 aliphatic carbocycles. The van der Waals surface area contributed by atoms with Crippen LogP contribution in [-0.2, 0) is 45.9 Å². The highest BCUT2D eigenvalue weighted by atomic mass is 31.0. The number of carbonyl (C=O) groups is 2. The summed E-state index contributed by atoms with van der Waals surface area (Å²) in [5.41, 5.74) is -1.24. The summed E-state index contributed by atoms with van der Waals surface area (Å²) in [7, 11) is 1.55. The molecule has 2 heterocycles. The van der Waals surface area contributed by atoms with Gasteiger partial charge >= 0.3 is 5.97 Å². The van der Waals surface area contributed by atoms with Gasteiger partial charge in [0.2, 0.25) is 5.91 Å². The number of hydrogen-bond acceptors (Lipinski definition) is 6. The highest BCUT2D eigenvalue weighted by Gasteiger charge is 2.39. The Bertz CT molecular complexity index is 2250. The number of piperidine rings is 1. The summed E-state index contributed by atoms with van der Waals surface area (Å²) >= 11 is 0. The monoisotopic (exact) mass is 788 g/mol. The molecule has 1 aliphatic heterocycles. The second-order valence-corrected chi connectivity index (χ2v) is 15.3. The summed E-state index contributed by atoms with van der Waals surface area (Å²) in [5, 5.41) is 0.336. The van der Waals surface area contributed by atoms with Crippen molar-refractivity contribution in [2.75, 3.05) is 19.7 Å². The van der Waals surface area contributed by atoms with E-state index in [9.17, 15) is 31.9 Å². The second kappa shape index (κ2) is 17.1. The maximum absolute atomic E-state index is 14.7. The molecule has 1 saturated heterocycles. The zero-order chi connectivity index (χ0) is 40.2. The minimum Gasteiger partial charge on any atom is -0.465 e. The average molecular weight is 789 g/mol. The van der Waals surface area contributed by atoms with Crippen molar-refractivity contribution in [1.29, 1.82) is 0 Å². The molecule has 8 nitrogen and oxygen atoms in total. The van der Waals surface area contributed by atoms with E-state index in [0.717, 1.165) is 22.8 Å². The molecule has 6 rings (SSSR count). The van der Waals surface area contributed by atoms with Crippen LogP contribution in [-0.4, -0.2) is 62.5 Å². The number of aromatic nitrogens is 2. The van der Waals surface area contributed by atoms with Gasteiger partial charge < -0.3 is 14.2 Å². The number of para-hydroxylation sites is 1. The Balaban J connectivity index is 1.30. The Hall–Kier alpha value is -4.93. The number of likely N-dealkylation sites (tertiary alicyclic amines) is 1. The van der Waals surface area contributed by atoms with E-state index in [-0.39, 0.29) is 61.6 Å². The summed E-state index contributed by atoms with van der Waals surface area (Å²) in [6.45, 7) is 6.90. The fourth-order valence-electron chi connectivity index (χ4n) is 7.31. The Morgan fingerprint density at radius 3 is 2.18 bits per heavy atom. The lowest BCUT2D eigenvalue weighted by atomic mass is 9.95. The molecule has 0 radical (unpaired) electrons. The number of halogens is 4. The predicted molar refractivity (Wildman–Crippen MR) is 211 cm³/mol. The maximum atomic E-state index is 14.7. The normalized spacial score (nSPS) is 14.2. The van der Waals surface area contributed by atoms with Crippen LogP contribution in [0.3, 0.4) is 0 Å². The number of ether oxygens (including phenoxy) is 1. The van der Waals surface area contributed by atoms with E-state index < -0.39 is 28.4 Å². The predicted octanol–water partition coefficient (Wildman–Crippen LogP) is 7.89. The Morgan fingerprint density at radius 2 is 1.55 bits per heavy atom. The van der Waals surface area contributed by atoms with E-state index in [1.807, 2.05) is 43.0 Å². The van der Waals surface area contributed by atoms with Crippen LogP contribution < -0.4 is 5.56 Å². The third-order valence-electron chi connectivity index (χ3n) is 10.6. The van der Waals surface area contributed by atoms with Crippen molar-refractivity contribution >= 4 is 32.0 Å². The maximum Gasteiger partial charge on any atom is 0.325 e. The van der Waals surface area contributed by atoms with Gasteiger partial charge in [0.1, 0.15) is 29.5 Å².